The normalized spacial score (nSPS) is 11.8. The second-order valence-corrected chi connectivity index (χ2v) is 3.92. The van der Waals surface area contributed by atoms with Crippen LogP contribution in [0, 0.1) is 0 Å². The molecule has 0 spiro atoms. The third-order valence-corrected chi connectivity index (χ3v) is 2.50. The van der Waals surface area contributed by atoms with Crippen LogP contribution in [0.5, 0.6) is 5.75 Å². The lowest BCUT2D eigenvalue weighted by Crippen LogP contribution is -2.17. The van der Waals surface area contributed by atoms with Gasteiger partial charge in [0, 0.05) is 5.39 Å². The summed E-state index contributed by atoms with van der Waals surface area (Å²) in [5.41, 5.74) is -0.0256. The summed E-state index contributed by atoms with van der Waals surface area (Å²) >= 11 is 11.5. The van der Waals surface area contributed by atoms with Gasteiger partial charge in [-0.3, -0.25) is 0 Å². The van der Waals surface area contributed by atoms with Gasteiger partial charge in [-0.05, 0) is 24.3 Å². The van der Waals surface area contributed by atoms with E-state index < -0.39 is 12.1 Å². The van der Waals surface area contributed by atoms with Crippen molar-refractivity contribution in [2.24, 2.45) is 0 Å². The van der Waals surface area contributed by atoms with Crippen molar-refractivity contribution in [3.63, 3.8) is 0 Å². The second-order valence-electron chi connectivity index (χ2n) is 3.12. The lowest BCUT2D eigenvalue weighted by atomic mass is 10.2. The van der Waals surface area contributed by atoms with Gasteiger partial charge in [0.1, 0.15) is 10.7 Å². The molecule has 2 nitrogen and oxygen atoms in total. The average Bonchev–Trinajstić information content (AvgIpc) is 2.20. The fraction of sp³-hybridized carbons (Fsp3) is 0.100. The van der Waals surface area contributed by atoms with Crippen LogP contribution in [0.15, 0.2) is 24.3 Å². The quantitative estimate of drug-likeness (QED) is 0.721. The van der Waals surface area contributed by atoms with Gasteiger partial charge in [0.15, 0.2) is 5.75 Å². The van der Waals surface area contributed by atoms with E-state index >= 15 is 0 Å². The van der Waals surface area contributed by atoms with E-state index in [0.717, 1.165) is 6.07 Å². The molecule has 2 rings (SSSR count). The SMILES string of the molecule is FC(F)(F)Oc1ccc(Cl)c2ccc(Cl)nc12. The van der Waals surface area contributed by atoms with E-state index in [2.05, 4.69) is 9.72 Å². The summed E-state index contributed by atoms with van der Waals surface area (Å²) in [6, 6.07) is 5.32. The van der Waals surface area contributed by atoms with Gasteiger partial charge >= 0.3 is 6.36 Å². The lowest BCUT2D eigenvalue weighted by Gasteiger charge is -2.11. The first-order chi connectivity index (χ1) is 7.87. The molecule has 17 heavy (non-hydrogen) atoms. The predicted molar refractivity (Wildman–Crippen MR) is 58.4 cm³/mol. The van der Waals surface area contributed by atoms with Gasteiger partial charge in [-0.25, -0.2) is 4.98 Å². The standard InChI is InChI=1S/C10H4Cl2F3NO/c11-6-2-3-7(17-10(13,14)15)9-5(6)1-4-8(12)16-9/h1-4H. The molecule has 0 saturated carbocycles. The molecular weight excluding hydrogens is 278 g/mol. The summed E-state index contributed by atoms with van der Waals surface area (Å²) in [6.07, 6.45) is -4.79. The molecule has 0 amide bonds. The van der Waals surface area contributed by atoms with E-state index in [1.807, 2.05) is 0 Å². The Kier molecular flexibility index (Phi) is 3.05. The van der Waals surface area contributed by atoms with E-state index in [1.54, 1.807) is 0 Å². The van der Waals surface area contributed by atoms with Crippen molar-refractivity contribution < 1.29 is 17.9 Å². The van der Waals surface area contributed by atoms with Crippen LogP contribution in [0.2, 0.25) is 10.2 Å². The van der Waals surface area contributed by atoms with Gasteiger partial charge in [0.2, 0.25) is 0 Å². The molecule has 0 fully saturated rings. The number of pyridine rings is 1. The molecule has 0 aliphatic rings. The Morgan fingerprint density at radius 2 is 1.76 bits per heavy atom. The number of hydrogen-bond donors (Lipinski definition) is 0. The Labute approximate surface area is 104 Å². The first-order valence-corrected chi connectivity index (χ1v) is 5.13. The first kappa shape index (κ1) is 12.3. The molecule has 0 aliphatic carbocycles. The van der Waals surface area contributed by atoms with E-state index in [4.69, 9.17) is 23.2 Å². The van der Waals surface area contributed by atoms with Crippen molar-refractivity contribution >= 4 is 34.1 Å². The highest BCUT2D eigenvalue weighted by Gasteiger charge is 2.32. The predicted octanol–water partition coefficient (Wildman–Crippen LogP) is 4.44. The highest BCUT2D eigenvalue weighted by atomic mass is 35.5. The van der Waals surface area contributed by atoms with Crippen molar-refractivity contribution in [2.45, 2.75) is 6.36 Å². The number of hydrogen-bond acceptors (Lipinski definition) is 2. The molecule has 0 N–H and O–H groups in total. The maximum Gasteiger partial charge on any atom is 0.573 e. The van der Waals surface area contributed by atoms with Crippen LogP contribution < -0.4 is 4.74 Å². The van der Waals surface area contributed by atoms with Crippen molar-refractivity contribution in [2.75, 3.05) is 0 Å². The molecular formula is C10H4Cl2F3NO. The van der Waals surface area contributed by atoms with Gasteiger partial charge in [-0.1, -0.05) is 23.2 Å². The first-order valence-electron chi connectivity index (χ1n) is 4.37. The maximum absolute atomic E-state index is 12.2. The number of ether oxygens (including phenoxy) is 1. The van der Waals surface area contributed by atoms with E-state index in [-0.39, 0.29) is 15.7 Å². The number of fused-ring (bicyclic) bond motifs is 1. The van der Waals surface area contributed by atoms with Gasteiger partial charge in [-0.15, -0.1) is 13.2 Å². The minimum Gasteiger partial charge on any atom is -0.403 e. The summed E-state index contributed by atoms with van der Waals surface area (Å²) in [6.45, 7) is 0. The number of nitrogens with zero attached hydrogens (tertiary/aromatic N) is 1. The summed E-state index contributed by atoms with van der Waals surface area (Å²) in [7, 11) is 0. The number of alkyl halides is 3. The van der Waals surface area contributed by atoms with Crippen LogP contribution in [0.3, 0.4) is 0 Å². The summed E-state index contributed by atoms with van der Waals surface area (Å²) in [4.78, 5) is 3.78. The molecule has 0 saturated heterocycles. The van der Waals surface area contributed by atoms with Crippen LogP contribution in [-0.2, 0) is 0 Å². The number of halogens is 5. The monoisotopic (exact) mass is 281 g/mol. The van der Waals surface area contributed by atoms with Crippen LogP contribution in [0.1, 0.15) is 0 Å². The van der Waals surface area contributed by atoms with Crippen molar-refractivity contribution in [3.8, 4) is 5.75 Å². The molecule has 7 heteroatoms. The zero-order valence-electron chi connectivity index (χ0n) is 8.05. The minimum absolute atomic E-state index is 0.0256. The number of benzene rings is 1. The largest absolute Gasteiger partial charge is 0.573 e. The van der Waals surface area contributed by atoms with Crippen LogP contribution in [-0.4, -0.2) is 11.3 Å². The molecule has 1 aromatic carbocycles. The smallest absolute Gasteiger partial charge is 0.403 e. The Bertz CT molecular complexity index is 571. The summed E-state index contributed by atoms with van der Waals surface area (Å²) in [5, 5.41) is 0.684. The second kappa shape index (κ2) is 4.23. The molecule has 1 heterocycles. The highest BCUT2D eigenvalue weighted by molar-refractivity contribution is 6.36. The fourth-order valence-electron chi connectivity index (χ4n) is 1.34. The molecule has 90 valence electrons. The third-order valence-electron chi connectivity index (χ3n) is 1.96. The maximum atomic E-state index is 12.2. The molecule has 0 unspecified atom stereocenters. The van der Waals surface area contributed by atoms with E-state index in [1.165, 1.54) is 18.2 Å². The molecule has 0 bridgehead atoms. The molecule has 2 aromatic rings. The van der Waals surface area contributed by atoms with Gasteiger partial charge in [0.05, 0.1) is 5.02 Å². The highest BCUT2D eigenvalue weighted by Crippen LogP contribution is 2.33. The molecule has 0 atom stereocenters. The third kappa shape index (κ3) is 2.73. The van der Waals surface area contributed by atoms with Crippen molar-refractivity contribution in [1.82, 2.24) is 4.98 Å². The lowest BCUT2D eigenvalue weighted by molar-refractivity contribution is -0.274. The topological polar surface area (TPSA) is 22.1 Å². The zero-order chi connectivity index (χ0) is 12.6. The van der Waals surface area contributed by atoms with Crippen molar-refractivity contribution in [3.05, 3.63) is 34.4 Å². The van der Waals surface area contributed by atoms with Gasteiger partial charge < -0.3 is 4.74 Å². The molecule has 1 aromatic heterocycles. The fourth-order valence-corrected chi connectivity index (χ4v) is 1.70. The Morgan fingerprint density at radius 1 is 1.06 bits per heavy atom. The zero-order valence-corrected chi connectivity index (χ0v) is 9.57. The Balaban J connectivity index is 2.64. The van der Waals surface area contributed by atoms with Gasteiger partial charge in [0.25, 0.3) is 0 Å². The van der Waals surface area contributed by atoms with E-state index in [0.29, 0.717) is 5.39 Å². The Hall–Kier alpha value is -1.20. The van der Waals surface area contributed by atoms with Gasteiger partial charge in [-0.2, -0.15) is 0 Å². The summed E-state index contributed by atoms with van der Waals surface area (Å²) in [5.74, 6) is -0.431. The number of rotatable bonds is 1. The average molecular weight is 282 g/mol. The summed E-state index contributed by atoms with van der Waals surface area (Å²) < 4.78 is 40.3. The van der Waals surface area contributed by atoms with Crippen LogP contribution in [0.25, 0.3) is 10.9 Å². The van der Waals surface area contributed by atoms with Crippen LogP contribution in [0.4, 0.5) is 13.2 Å². The molecule has 0 aliphatic heterocycles. The molecule has 0 radical (unpaired) electrons. The van der Waals surface area contributed by atoms with Crippen LogP contribution >= 0.6 is 23.2 Å². The number of aromatic nitrogens is 1. The van der Waals surface area contributed by atoms with Crippen molar-refractivity contribution in [1.29, 1.82) is 0 Å². The minimum atomic E-state index is -4.79. The Morgan fingerprint density at radius 3 is 2.41 bits per heavy atom. The van der Waals surface area contributed by atoms with E-state index in [9.17, 15) is 13.2 Å².